The molecule has 0 fully saturated rings. The van der Waals surface area contributed by atoms with Gasteiger partial charge < -0.3 is 11.1 Å². The highest BCUT2D eigenvalue weighted by molar-refractivity contribution is 9.10. The van der Waals surface area contributed by atoms with Crippen molar-refractivity contribution in [1.82, 2.24) is 0 Å². The molecule has 3 nitrogen and oxygen atoms in total. The lowest BCUT2D eigenvalue weighted by atomic mass is 10.2. The second-order valence-corrected chi connectivity index (χ2v) is 5.63. The van der Waals surface area contributed by atoms with Gasteiger partial charge >= 0.3 is 0 Å². The van der Waals surface area contributed by atoms with Gasteiger partial charge in [-0.05, 0) is 36.4 Å². The lowest BCUT2D eigenvalue weighted by molar-refractivity contribution is 0.102. The van der Waals surface area contributed by atoms with Crippen LogP contribution in [0.5, 0.6) is 0 Å². The third-order valence-electron chi connectivity index (χ3n) is 2.39. The summed E-state index contributed by atoms with van der Waals surface area (Å²) in [4.78, 5) is 12.1. The third-order valence-corrected chi connectivity index (χ3v) is 3.32. The topological polar surface area (TPSA) is 55.1 Å². The van der Waals surface area contributed by atoms with E-state index in [1.54, 1.807) is 24.3 Å². The lowest BCUT2D eigenvalue weighted by Crippen LogP contribution is -2.13. The van der Waals surface area contributed by atoms with Gasteiger partial charge in [0.2, 0.25) is 0 Å². The maximum atomic E-state index is 12.1. The summed E-state index contributed by atoms with van der Waals surface area (Å²) >= 11 is 15.0. The second-order valence-electron chi connectivity index (χ2n) is 3.84. The Morgan fingerprint density at radius 3 is 2.32 bits per heavy atom. The SMILES string of the molecule is Nc1cc(Br)ccc1NC(=O)c1cc(Cl)cc(Cl)c1. The monoisotopic (exact) mass is 358 g/mol. The van der Waals surface area contributed by atoms with E-state index in [1.807, 2.05) is 0 Å². The van der Waals surface area contributed by atoms with Gasteiger partial charge in [-0.2, -0.15) is 0 Å². The van der Waals surface area contributed by atoms with E-state index in [-0.39, 0.29) is 5.91 Å². The Kier molecular flexibility index (Phi) is 4.34. The predicted octanol–water partition coefficient (Wildman–Crippen LogP) is 4.59. The molecule has 2 rings (SSSR count). The summed E-state index contributed by atoms with van der Waals surface area (Å²) in [6, 6.07) is 9.85. The minimum Gasteiger partial charge on any atom is -0.397 e. The molecule has 0 aliphatic rings. The number of nitrogens with one attached hydrogen (secondary N) is 1. The summed E-state index contributed by atoms with van der Waals surface area (Å²) in [7, 11) is 0. The van der Waals surface area contributed by atoms with Crippen LogP contribution in [0.2, 0.25) is 10.0 Å². The molecule has 0 saturated carbocycles. The third kappa shape index (κ3) is 3.62. The van der Waals surface area contributed by atoms with Crippen LogP contribution in [0.15, 0.2) is 40.9 Å². The van der Waals surface area contributed by atoms with Crippen LogP contribution in [0.3, 0.4) is 0 Å². The standard InChI is InChI=1S/C13H9BrCl2N2O/c14-8-1-2-12(11(17)5-8)18-13(19)7-3-9(15)6-10(16)4-7/h1-6H,17H2,(H,18,19). The van der Waals surface area contributed by atoms with Gasteiger partial charge in [-0.25, -0.2) is 0 Å². The van der Waals surface area contributed by atoms with Crippen molar-refractivity contribution in [2.24, 2.45) is 0 Å². The highest BCUT2D eigenvalue weighted by Crippen LogP contribution is 2.24. The molecule has 0 spiro atoms. The number of rotatable bonds is 2. The second kappa shape index (κ2) is 5.82. The first-order valence-corrected chi connectivity index (χ1v) is 6.83. The highest BCUT2D eigenvalue weighted by Gasteiger charge is 2.10. The Balaban J connectivity index is 2.25. The number of benzene rings is 2. The molecule has 2 aromatic carbocycles. The number of nitrogen functional groups attached to an aromatic ring is 1. The molecule has 98 valence electrons. The predicted molar refractivity (Wildman–Crippen MR) is 83.0 cm³/mol. The zero-order chi connectivity index (χ0) is 14.0. The number of nitrogens with two attached hydrogens (primary N) is 1. The summed E-state index contributed by atoms with van der Waals surface area (Å²) in [6.07, 6.45) is 0. The van der Waals surface area contributed by atoms with Gasteiger partial charge in [0.25, 0.3) is 5.91 Å². The smallest absolute Gasteiger partial charge is 0.255 e. The molecule has 0 radical (unpaired) electrons. The number of hydrogen-bond donors (Lipinski definition) is 2. The van der Waals surface area contributed by atoms with Crippen molar-refractivity contribution in [2.75, 3.05) is 11.1 Å². The van der Waals surface area contributed by atoms with Crippen molar-refractivity contribution in [3.05, 3.63) is 56.5 Å². The Labute approximate surface area is 128 Å². The van der Waals surface area contributed by atoms with E-state index in [4.69, 9.17) is 28.9 Å². The van der Waals surface area contributed by atoms with Crippen LogP contribution in [0, 0.1) is 0 Å². The van der Waals surface area contributed by atoms with E-state index in [1.165, 1.54) is 12.1 Å². The van der Waals surface area contributed by atoms with Crippen LogP contribution in [-0.4, -0.2) is 5.91 Å². The Morgan fingerprint density at radius 2 is 1.74 bits per heavy atom. The Bertz CT molecular complexity index is 626. The van der Waals surface area contributed by atoms with Crippen molar-refractivity contribution in [3.8, 4) is 0 Å². The maximum Gasteiger partial charge on any atom is 0.255 e. The van der Waals surface area contributed by atoms with Crippen molar-refractivity contribution in [3.63, 3.8) is 0 Å². The van der Waals surface area contributed by atoms with Gasteiger partial charge in [0, 0.05) is 20.1 Å². The van der Waals surface area contributed by atoms with Gasteiger partial charge in [0.05, 0.1) is 11.4 Å². The molecule has 1 amide bonds. The zero-order valence-electron chi connectivity index (χ0n) is 9.58. The van der Waals surface area contributed by atoms with E-state index >= 15 is 0 Å². The van der Waals surface area contributed by atoms with E-state index < -0.39 is 0 Å². The van der Waals surface area contributed by atoms with Crippen LogP contribution < -0.4 is 11.1 Å². The molecule has 2 aromatic rings. The number of carbonyl (C=O) groups is 1. The first kappa shape index (κ1) is 14.2. The Morgan fingerprint density at radius 1 is 1.11 bits per heavy atom. The summed E-state index contributed by atoms with van der Waals surface area (Å²) in [5.41, 5.74) is 7.19. The highest BCUT2D eigenvalue weighted by atomic mass is 79.9. The normalized spacial score (nSPS) is 10.3. The van der Waals surface area contributed by atoms with Crippen molar-refractivity contribution in [2.45, 2.75) is 0 Å². The van der Waals surface area contributed by atoms with Crippen LogP contribution in [0.1, 0.15) is 10.4 Å². The molecule has 0 aliphatic heterocycles. The molecule has 0 atom stereocenters. The number of carbonyl (C=O) groups excluding carboxylic acids is 1. The van der Waals surface area contributed by atoms with Crippen LogP contribution >= 0.6 is 39.1 Å². The minimum atomic E-state index is -0.321. The molecule has 0 aromatic heterocycles. The first-order chi connectivity index (χ1) is 8.95. The summed E-state index contributed by atoms with van der Waals surface area (Å²) in [6.45, 7) is 0. The number of hydrogen-bond acceptors (Lipinski definition) is 2. The summed E-state index contributed by atoms with van der Waals surface area (Å²) < 4.78 is 0.841. The molecule has 3 N–H and O–H groups in total. The fraction of sp³-hybridized carbons (Fsp3) is 0. The number of amides is 1. The number of anilines is 2. The molecule has 0 unspecified atom stereocenters. The molecule has 0 aliphatic carbocycles. The average Bonchev–Trinajstić information content (AvgIpc) is 2.31. The summed E-state index contributed by atoms with van der Waals surface area (Å²) in [5.74, 6) is -0.321. The molecule has 6 heteroatoms. The zero-order valence-corrected chi connectivity index (χ0v) is 12.7. The fourth-order valence-corrected chi connectivity index (χ4v) is 2.43. The molecule has 19 heavy (non-hydrogen) atoms. The van der Waals surface area contributed by atoms with E-state index in [9.17, 15) is 4.79 Å². The van der Waals surface area contributed by atoms with Crippen molar-refractivity contribution < 1.29 is 4.79 Å². The molecule has 0 heterocycles. The Hall–Kier alpha value is -1.23. The fourth-order valence-electron chi connectivity index (χ4n) is 1.53. The van der Waals surface area contributed by atoms with Gasteiger partial charge in [-0.15, -0.1) is 0 Å². The summed E-state index contributed by atoms with van der Waals surface area (Å²) in [5, 5.41) is 3.51. The van der Waals surface area contributed by atoms with Gasteiger partial charge in [0.1, 0.15) is 0 Å². The molecule has 0 saturated heterocycles. The van der Waals surface area contributed by atoms with E-state index in [2.05, 4.69) is 21.2 Å². The first-order valence-electron chi connectivity index (χ1n) is 5.28. The van der Waals surface area contributed by atoms with E-state index in [0.29, 0.717) is 27.0 Å². The minimum absolute atomic E-state index is 0.321. The lowest BCUT2D eigenvalue weighted by Gasteiger charge is -2.09. The maximum absolute atomic E-state index is 12.1. The average molecular weight is 360 g/mol. The molecule has 0 bridgehead atoms. The van der Waals surface area contributed by atoms with Crippen molar-refractivity contribution >= 4 is 56.4 Å². The quantitative estimate of drug-likeness (QED) is 0.770. The van der Waals surface area contributed by atoms with Gasteiger partial charge in [0.15, 0.2) is 0 Å². The number of halogens is 3. The van der Waals surface area contributed by atoms with Crippen molar-refractivity contribution in [1.29, 1.82) is 0 Å². The molecular weight excluding hydrogens is 351 g/mol. The van der Waals surface area contributed by atoms with Crippen LogP contribution in [0.25, 0.3) is 0 Å². The van der Waals surface area contributed by atoms with Crippen LogP contribution in [-0.2, 0) is 0 Å². The van der Waals surface area contributed by atoms with Crippen LogP contribution in [0.4, 0.5) is 11.4 Å². The molecular formula is C13H9BrCl2N2O. The van der Waals surface area contributed by atoms with E-state index in [0.717, 1.165) is 4.47 Å². The van der Waals surface area contributed by atoms with Gasteiger partial charge in [-0.3, -0.25) is 4.79 Å². The largest absolute Gasteiger partial charge is 0.397 e. The van der Waals surface area contributed by atoms with Gasteiger partial charge in [-0.1, -0.05) is 39.1 Å².